The maximum Gasteiger partial charge on any atom is 0.305 e. The zero-order chi connectivity index (χ0) is 29.8. The molecular formula is C37H52O3Si. The molecule has 0 aliphatic carbocycles. The Kier molecular flexibility index (Phi) is 16.1. The summed E-state index contributed by atoms with van der Waals surface area (Å²) in [5.41, 5.74) is 0. The molecule has 0 aliphatic heterocycles. The van der Waals surface area contributed by atoms with Crippen LogP contribution >= 0.6 is 0 Å². The fourth-order valence-corrected chi connectivity index (χ4v) is 9.69. The van der Waals surface area contributed by atoms with Crippen LogP contribution < -0.4 is 10.4 Å². The third-order valence-corrected chi connectivity index (χ3v) is 12.3. The third kappa shape index (κ3) is 11.8. The first-order valence-corrected chi connectivity index (χ1v) is 17.2. The number of hydrogen-bond acceptors (Lipinski definition) is 3. The van der Waals surface area contributed by atoms with Crippen molar-refractivity contribution in [3.63, 3.8) is 0 Å². The highest BCUT2D eigenvalue weighted by molar-refractivity contribution is 6.99. The molecule has 41 heavy (non-hydrogen) atoms. The van der Waals surface area contributed by atoms with Gasteiger partial charge in [0.1, 0.15) is 0 Å². The van der Waals surface area contributed by atoms with Crippen LogP contribution in [0.1, 0.15) is 85.5 Å². The summed E-state index contributed by atoms with van der Waals surface area (Å²) >= 11 is 0. The Balaban J connectivity index is 2.25. The molecule has 2 aromatic carbocycles. The molecule has 2 aromatic rings. The molecule has 2 rings (SSSR count). The van der Waals surface area contributed by atoms with E-state index in [0.29, 0.717) is 6.42 Å². The number of carbonyl (C=O) groups is 1. The number of ether oxygens (including phenoxy) is 1. The molecule has 222 valence electrons. The highest BCUT2D eigenvalue weighted by Gasteiger charge is 2.51. The van der Waals surface area contributed by atoms with Gasteiger partial charge in [0.2, 0.25) is 0 Å². The number of rotatable bonds is 18. The van der Waals surface area contributed by atoms with Crippen LogP contribution in [0.25, 0.3) is 0 Å². The number of unbranched alkanes of at least 4 members (excludes halogenated alkanes) is 4. The van der Waals surface area contributed by atoms with Crippen LogP contribution in [0.4, 0.5) is 0 Å². The van der Waals surface area contributed by atoms with E-state index < -0.39 is 8.32 Å². The lowest BCUT2D eigenvalue weighted by Gasteiger charge is -2.44. The van der Waals surface area contributed by atoms with E-state index >= 15 is 0 Å². The standard InChI is InChI=1S/C37H52O3Si/c1-6-7-8-9-14-19-26-33(27-20-15-12-10-11-13-16-25-32-36(38)39-5)40-41(37(2,3)4,34-28-21-17-22-29-34)35-30-23-18-24-31-35/h11-15,17-24,27-31,33H,6-10,16,25-26,32H2,1-5H3/b13-11-,15-12-,19-14-,27-20+/t33-/m0/s1. The molecule has 4 heteroatoms. The summed E-state index contributed by atoms with van der Waals surface area (Å²) in [6.45, 7) is 9.24. The number of methoxy groups -OCH3 is 1. The highest BCUT2D eigenvalue weighted by atomic mass is 28.4. The van der Waals surface area contributed by atoms with Crippen molar-refractivity contribution in [2.45, 2.75) is 96.6 Å². The Hall–Kier alpha value is -2.95. The van der Waals surface area contributed by atoms with Gasteiger partial charge in [-0.1, -0.05) is 150 Å². The Morgan fingerprint density at radius 2 is 1.41 bits per heavy atom. The molecule has 0 unspecified atom stereocenters. The Morgan fingerprint density at radius 3 is 2.00 bits per heavy atom. The zero-order valence-electron chi connectivity index (χ0n) is 26.1. The summed E-state index contributed by atoms with van der Waals surface area (Å²) in [5.74, 6) is -0.144. The summed E-state index contributed by atoms with van der Waals surface area (Å²) in [5, 5.41) is 2.54. The molecule has 3 nitrogen and oxygen atoms in total. The molecule has 0 aliphatic rings. The van der Waals surface area contributed by atoms with Gasteiger partial charge in [0, 0.05) is 6.42 Å². The molecular weight excluding hydrogens is 520 g/mol. The zero-order valence-corrected chi connectivity index (χ0v) is 27.1. The third-order valence-electron chi connectivity index (χ3n) is 7.25. The van der Waals surface area contributed by atoms with Crippen molar-refractivity contribution in [2.24, 2.45) is 0 Å². The van der Waals surface area contributed by atoms with E-state index in [2.05, 4.69) is 137 Å². The van der Waals surface area contributed by atoms with Gasteiger partial charge >= 0.3 is 5.97 Å². The molecule has 0 saturated heterocycles. The van der Waals surface area contributed by atoms with Gasteiger partial charge in [-0.05, 0) is 53.9 Å². The van der Waals surface area contributed by atoms with E-state index in [4.69, 9.17) is 9.16 Å². The lowest BCUT2D eigenvalue weighted by atomic mass is 10.1. The average molecular weight is 573 g/mol. The Bertz CT molecular complexity index is 1050. The number of carbonyl (C=O) groups excluding carboxylic acids is 1. The molecule has 0 aromatic heterocycles. The van der Waals surface area contributed by atoms with Crippen molar-refractivity contribution in [1.82, 2.24) is 0 Å². The molecule has 0 spiro atoms. The Morgan fingerprint density at radius 1 is 0.805 bits per heavy atom. The molecule has 0 fully saturated rings. The fraction of sp³-hybridized carbons (Fsp3) is 0.432. The monoisotopic (exact) mass is 572 g/mol. The van der Waals surface area contributed by atoms with Crippen molar-refractivity contribution >= 4 is 24.7 Å². The number of hydrogen-bond donors (Lipinski definition) is 0. The molecule has 0 heterocycles. The second-order valence-corrected chi connectivity index (χ2v) is 15.8. The van der Waals surface area contributed by atoms with Crippen molar-refractivity contribution in [1.29, 1.82) is 0 Å². The van der Waals surface area contributed by atoms with Gasteiger partial charge in [0.25, 0.3) is 8.32 Å². The van der Waals surface area contributed by atoms with Crippen LogP contribution in [-0.4, -0.2) is 27.5 Å². The molecule has 0 N–H and O–H groups in total. The van der Waals surface area contributed by atoms with Crippen LogP contribution in [0.5, 0.6) is 0 Å². The lowest BCUT2D eigenvalue weighted by molar-refractivity contribution is -0.140. The normalized spacial score (nSPS) is 13.6. The van der Waals surface area contributed by atoms with Gasteiger partial charge < -0.3 is 9.16 Å². The van der Waals surface area contributed by atoms with Gasteiger partial charge in [-0.2, -0.15) is 0 Å². The van der Waals surface area contributed by atoms with Crippen LogP contribution in [-0.2, 0) is 14.0 Å². The topological polar surface area (TPSA) is 35.5 Å². The van der Waals surface area contributed by atoms with Crippen LogP contribution in [0.15, 0.2) is 109 Å². The number of esters is 1. The van der Waals surface area contributed by atoms with E-state index in [1.165, 1.54) is 36.7 Å². The predicted octanol–water partition coefficient (Wildman–Crippen LogP) is 8.86. The molecule has 0 saturated carbocycles. The van der Waals surface area contributed by atoms with E-state index in [1.54, 1.807) is 0 Å². The first-order chi connectivity index (χ1) is 19.8. The van der Waals surface area contributed by atoms with Crippen LogP contribution in [0.3, 0.4) is 0 Å². The molecule has 0 radical (unpaired) electrons. The first-order valence-electron chi connectivity index (χ1n) is 15.3. The molecule has 0 amide bonds. The predicted molar refractivity (Wildman–Crippen MR) is 178 cm³/mol. The average Bonchev–Trinajstić information content (AvgIpc) is 2.98. The second-order valence-electron chi connectivity index (χ2n) is 11.5. The first kappa shape index (κ1) is 34.2. The van der Waals surface area contributed by atoms with Gasteiger partial charge in [0.05, 0.1) is 13.2 Å². The second kappa shape index (κ2) is 19.2. The molecule has 1 atom stereocenters. The SMILES string of the molecule is CCCCC/C=C\C[C@@H](/C=C/C=C\C/C=C\CCCC(=O)OC)O[Si](c1ccccc1)(c1ccccc1)C(C)(C)C. The summed E-state index contributed by atoms with van der Waals surface area (Å²) in [6.07, 6.45) is 26.3. The summed E-state index contributed by atoms with van der Waals surface area (Å²) in [4.78, 5) is 11.2. The minimum atomic E-state index is -2.65. The maximum atomic E-state index is 11.2. The van der Waals surface area contributed by atoms with Gasteiger partial charge in [-0.15, -0.1) is 0 Å². The van der Waals surface area contributed by atoms with E-state index in [1.807, 2.05) is 0 Å². The van der Waals surface area contributed by atoms with Gasteiger partial charge in [0.15, 0.2) is 0 Å². The quantitative estimate of drug-likeness (QED) is 0.0588. The summed E-state index contributed by atoms with van der Waals surface area (Å²) in [6, 6.07) is 21.7. The summed E-state index contributed by atoms with van der Waals surface area (Å²) in [7, 11) is -1.22. The van der Waals surface area contributed by atoms with Gasteiger partial charge in [-0.3, -0.25) is 4.79 Å². The number of benzene rings is 2. The minimum absolute atomic E-state index is 0.0396. The van der Waals surface area contributed by atoms with Crippen molar-refractivity contribution in [3.8, 4) is 0 Å². The molecule has 0 bridgehead atoms. The van der Waals surface area contributed by atoms with E-state index in [0.717, 1.165) is 32.1 Å². The van der Waals surface area contributed by atoms with Crippen molar-refractivity contribution in [2.75, 3.05) is 7.11 Å². The van der Waals surface area contributed by atoms with Crippen LogP contribution in [0, 0.1) is 0 Å². The van der Waals surface area contributed by atoms with E-state index in [-0.39, 0.29) is 17.1 Å². The Labute approximate surface area is 251 Å². The fourth-order valence-electron chi connectivity index (χ4n) is 5.05. The van der Waals surface area contributed by atoms with Crippen molar-refractivity contribution in [3.05, 3.63) is 109 Å². The maximum absolute atomic E-state index is 11.2. The highest BCUT2D eigenvalue weighted by Crippen LogP contribution is 2.38. The smallest absolute Gasteiger partial charge is 0.305 e. The van der Waals surface area contributed by atoms with Gasteiger partial charge in [-0.25, -0.2) is 0 Å². The van der Waals surface area contributed by atoms with E-state index in [9.17, 15) is 4.79 Å². The minimum Gasteiger partial charge on any atom is -0.469 e. The number of allylic oxidation sites excluding steroid dienone is 6. The largest absolute Gasteiger partial charge is 0.469 e. The lowest BCUT2D eigenvalue weighted by Crippen LogP contribution is -2.67. The van der Waals surface area contributed by atoms with Crippen molar-refractivity contribution < 1.29 is 14.0 Å². The summed E-state index contributed by atoms with van der Waals surface area (Å²) < 4.78 is 12.1. The van der Waals surface area contributed by atoms with Crippen LogP contribution in [0.2, 0.25) is 5.04 Å².